The third-order valence-electron chi connectivity index (χ3n) is 12.2. The van der Waals surface area contributed by atoms with E-state index in [1.54, 1.807) is 6.08 Å². The molecule has 3 N–H and O–H groups in total. The van der Waals surface area contributed by atoms with Crippen LogP contribution in [0.4, 0.5) is 0 Å². The molecule has 0 fully saturated rings. The third-order valence-corrected chi connectivity index (χ3v) is 13.1. The summed E-state index contributed by atoms with van der Waals surface area (Å²) in [6, 6.07) is -0.881. The van der Waals surface area contributed by atoms with Crippen LogP contribution in [0.15, 0.2) is 72.9 Å². The van der Waals surface area contributed by atoms with E-state index in [1.807, 2.05) is 27.2 Å². The van der Waals surface area contributed by atoms with Gasteiger partial charge in [0.2, 0.25) is 5.91 Å². The van der Waals surface area contributed by atoms with Crippen molar-refractivity contribution in [1.82, 2.24) is 5.32 Å². The number of carbonyl (C=O) groups is 1. The van der Waals surface area contributed by atoms with Crippen LogP contribution in [-0.4, -0.2) is 73.4 Å². The van der Waals surface area contributed by atoms with Gasteiger partial charge in [0.05, 0.1) is 39.9 Å². The Balaban J connectivity index is 4.27. The number of aliphatic hydroxyl groups is 1. The van der Waals surface area contributed by atoms with Crippen LogP contribution in [0.3, 0.4) is 0 Å². The standard InChI is InChI=1S/C58H107N2O6P/c1-6-8-10-12-14-16-18-20-22-24-25-26-27-28-29-30-31-32-33-34-36-37-39-41-43-45-47-49-51-57(61)56(55-66-67(63,64)65-54-53-60(3,4)5)59-58(62)52-50-48-46-44-42-40-38-35-23-21-19-17-15-13-11-9-7-2/h9,11,15,17,21,23,38,40-41,43,49,51,56-57,61H,6-8,10,12-14,16,18-20,22,24-37,39,42,44-48,50,52-55H2,1-5H3,(H-,59,62,63,64)/p+1/b11-9-,17-15-,23-21-,40-38-,43-41+,51-49+. The van der Waals surface area contributed by atoms with Crippen molar-refractivity contribution < 1.29 is 32.9 Å². The monoisotopic (exact) mass is 960 g/mol. The molecule has 0 bridgehead atoms. The highest BCUT2D eigenvalue weighted by Crippen LogP contribution is 2.43. The highest BCUT2D eigenvalue weighted by Gasteiger charge is 2.27. The van der Waals surface area contributed by atoms with Crippen LogP contribution in [0.5, 0.6) is 0 Å². The Kier molecular flexibility index (Phi) is 47.4. The fourth-order valence-corrected chi connectivity index (χ4v) is 8.55. The van der Waals surface area contributed by atoms with Gasteiger partial charge in [-0.25, -0.2) is 4.57 Å². The molecule has 0 radical (unpaired) electrons. The Bertz CT molecular complexity index is 1320. The molecule has 3 unspecified atom stereocenters. The number of rotatable bonds is 50. The summed E-state index contributed by atoms with van der Waals surface area (Å²) >= 11 is 0. The summed E-state index contributed by atoms with van der Waals surface area (Å²) in [7, 11) is 1.53. The average Bonchev–Trinajstić information content (AvgIpc) is 3.29. The Morgan fingerprint density at radius 3 is 1.37 bits per heavy atom. The second-order valence-electron chi connectivity index (χ2n) is 19.9. The SMILES string of the molecule is CC/C=C\C/C=C\C/C=C\C/C=C\CCCCCCC(=O)NC(COP(=O)(O)OCC[N+](C)(C)C)C(O)/C=C/CC/C=C/CCCCCCCCCCCCCCCCCCCCCCCC. The van der Waals surface area contributed by atoms with E-state index >= 15 is 0 Å². The van der Waals surface area contributed by atoms with Crippen molar-refractivity contribution in [3.05, 3.63) is 72.9 Å². The minimum absolute atomic E-state index is 0.0478. The van der Waals surface area contributed by atoms with E-state index in [-0.39, 0.29) is 19.1 Å². The van der Waals surface area contributed by atoms with Crippen LogP contribution in [-0.2, 0) is 18.4 Å². The molecule has 9 heteroatoms. The zero-order valence-corrected chi connectivity index (χ0v) is 45.3. The van der Waals surface area contributed by atoms with E-state index in [0.29, 0.717) is 17.4 Å². The lowest BCUT2D eigenvalue weighted by Crippen LogP contribution is -2.45. The lowest BCUT2D eigenvalue weighted by molar-refractivity contribution is -0.870. The highest BCUT2D eigenvalue weighted by molar-refractivity contribution is 7.47. The second-order valence-corrected chi connectivity index (χ2v) is 21.4. The molecular weight excluding hydrogens is 852 g/mol. The first kappa shape index (κ1) is 64.9. The quantitative estimate of drug-likeness (QED) is 0.0243. The molecule has 0 aliphatic carbocycles. The molecule has 0 aliphatic rings. The summed E-state index contributed by atoms with van der Waals surface area (Å²) in [4.78, 5) is 23.2. The summed E-state index contributed by atoms with van der Waals surface area (Å²) < 4.78 is 23.6. The number of phosphoric ester groups is 1. The molecule has 1 amide bonds. The van der Waals surface area contributed by atoms with Crippen LogP contribution in [0.25, 0.3) is 0 Å². The second kappa shape index (κ2) is 48.9. The molecule has 0 saturated carbocycles. The normalized spacial score (nSPS) is 14.6. The number of phosphoric acid groups is 1. The van der Waals surface area contributed by atoms with Gasteiger partial charge in [-0.2, -0.15) is 0 Å². The fourth-order valence-electron chi connectivity index (χ4n) is 7.81. The maximum atomic E-state index is 12.9. The van der Waals surface area contributed by atoms with Gasteiger partial charge in [0.1, 0.15) is 13.2 Å². The summed E-state index contributed by atoms with van der Waals surface area (Å²) in [5.74, 6) is -0.211. The highest BCUT2D eigenvalue weighted by atomic mass is 31.2. The lowest BCUT2D eigenvalue weighted by Gasteiger charge is -2.25. The summed E-state index contributed by atoms with van der Waals surface area (Å²) in [5, 5.41) is 13.9. The summed E-state index contributed by atoms with van der Waals surface area (Å²) in [6.45, 7) is 4.67. The predicted molar refractivity (Wildman–Crippen MR) is 290 cm³/mol. The number of aliphatic hydroxyl groups excluding tert-OH is 1. The molecule has 0 saturated heterocycles. The Morgan fingerprint density at radius 1 is 0.522 bits per heavy atom. The molecule has 0 aromatic heterocycles. The number of carbonyl (C=O) groups excluding carboxylic acids is 1. The van der Waals surface area contributed by atoms with Gasteiger partial charge in [-0.05, 0) is 70.6 Å². The number of hydrogen-bond donors (Lipinski definition) is 3. The molecule has 0 aliphatic heterocycles. The van der Waals surface area contributed by atoms with E-state index in [0.717, 1.165) is 77.0 Å². The smallest absolute Gasteiger partial charge is 0.387 e. The lowest BCUT2D eigenvalue weighted by atomic mass is 10.0. The van der Waals surface area contributed by atoms with Gasteiger partial charge in [0.25, 0.3) is 0 Å². The number of hydrogen-bond acceptors (Lipinski definition) is 5. The zero-order chi connectivity index (χ0) is 49.2. The number of amides is 1. The van der Waals surface area contributed by atoms with Gasteiger partial charge in [0.15, 0.2) is 0 Å². The first-order chi connectivity index (χ1) is 32.5. The minimum atomic E-state index is -4.36. The number of quaternary nitrogens is 1. The van der Waals surface area contributed by atoms with Crippen molar-refractivity contribution in [3.63, 3.8) is 0 Å². The number of likely N-dealkylation sites (N-methyl/N-ethyl adjacent to an activating group) is 1. The third kappa shape index (κ3) is 51.6. The van der Waals surface area contributed by atoms with Gasteiger partial charge in [-0.3, -0.25) is 13.8 Å². The van der Waals surface area contributed by atoms with Gasteiger partial charge in [-0.15, -0.1) is 0 Å². The fraction of sp³-hybridized carbons (Fsp3) is 0.776. The van der Waals surface area contributed by atoms with E-state index in [4.69, 9.17) is 9.05 Å². The first-order valence-corrected chi connectivity index (χ1v) is 29.3. The van der Waals surface area contributed by atoms with Crippen LogP contribution in [0.1, 0.15) is 239 Å². The number of unbranched alkanes of at least 4 members (excludes halogenated alkanes) is 27. The van der Waals surface area contributed by atoms with Gasteiger partial charge < -0.3 is 19.8 Å². The molecule has 0 spiro atoms. The van der Waals surface area contributed by atoms with Crippen molar-refractivity contribution in [2.24, 2.45) is 0 Å². The maximum absolute atomic E-state index is 12.9. The van der Waals surface area contributed by atoms with Crippen LogP contribution < -0.4 is 5.32 Å². The molecule has 0 heterocycles. The van der Waals surface area contributed by atoms with E-state index in [2.05, 4.69) is 79.9 Å². The van der Waals surface area contributed by atoms with E-state index < -0.39 is 20.0 Å². The summed E-state index contributed by atoms with van der Waals surface area (Å²) in [6.07, 6.45) is 67.3. The van der Waals surface area contributed by atoms with Crippen LogP contribution >= 0.6 is 7.82 Å². The molecular formula is C58H108N2O6P+. The predicted octanol–water partition coefficient (Wildman–Crippen LogP) is 16.7. The van der Waals surface area contributed by atoms with Gasteiger partial charge in [0, 0.05) is 6.42 Å². The largest absolute Gasteiger partial charge is 0.472 e. The van der Waals surface area contributed by atoms with Gasteiger partial charge >= 0.3 is 7.82 Å². The number of allylic oxidation sites excluding steroid dienone is 11. The molecule has 3 atom stereocenters. The molecule has 0 aromatic rings. The molecule has 390 valence electrons. The zero-order valence-electron chi connectivity index (χ0n) is 44.4. The van der Waals surface area contributed by atoms with Gasteiger partial charge in [-0.1, -0.05) is 234 Å². The molecule has 67 heavy (non-hydrogen) atoms. The van der Waals surface area contributed by atoms with Crippen molar-refractivity contribution in [2.45, 2.75) is 251 Å². The van der Waals surface area contributed by atoms with E-state index in [9.17, 15) is 19.4 Å². The van der Waals surface area contributed by atoms with Crippen molar-refractivity contribution in [1.29, 1.82) is 0 Å². The topological polar surface area (TPSA) is 105 Å². The Morgan fingerprint density at radius 2 is 0.910 bits per heavy atom. The summed E-state index contributed by atoms with van der Waals surface area (Å²) in [5.41, 5.74) is 0. The van der Waals surface area contributed by atoms with E-state index in [1.165, 1.54) is 141 Å². The van der Waals surface area contributed by atoms with Crippen LogP contribution in [0, 0.1) is 0 Å². The maximum Gasteiger partial charge on any atom is 0.472 e. The minimum Gasteiger partial charge on any atom is -0.387 e. The van der Waals surface area contributed by atoms with Crippen LogP contribution in [0.2, 0.25) is 0 Å². The molecule has 0 aromatic carbocycles. The molecule has 0 rings (SSSR count). The Hall–Kier alpha value is -2.06. The number of nitrogens with zero attached hydrogens (tertiary/aromatic N) is 1. The number of nitrogens with one attached hydrogen (secondary N) is 1. The average molecular weight is 960 g/mol. The van der Waals surface area contributed by atoms with Crippen molar-refractivity contribution >= 4 is 13.7 Å². The molecule has 8 nitrogen and oxygen atoms in total. The first-order valence-electron chi connectivity index (χ1n) is 27.8. The van der Waals surface area contributed by atoms with Crippen molar-refractivity contribution in [3.8, 4) is 0 Å². The Labute approximate surface area is 414 Å². The van der Waals surface area contributed by atoms with Crippen molar-refractivity contribution in [2.75, 3.05) is 40.9 Å².